The van der Waals surface area contributed by atoms with E-state index in [2.05, 4.69) is 42.4 Å². The molecule has 1 saturated carbocycles. The number of anilines is 1. The Morgan fingerprint density at radius 1 is 1.21 bits per heavy atom. The van der Waals surface area contributed by atoms with Crippen molar-refractivity contribution in [1.29, 1.82) is 0 Å². The molecule has 1 fully saturated rings. The maximum absolute atomic E-state index is 5.02. The number of hydrogen-bond acceptors (Lipinski definition) is 3. The molecule has 1 N–H and O–H groups in total. The SMILES string of the molecule is C=CC[n+]1c(CC(C)C)c(NC2CCCCC2)n2ncc(-c3ccccc3)nc21. The molecule has 0 unspecified atom stereocenters. The van der Waals surface area contributed by atoms with Crippen LogP contribution in [0.4, 0.5) is 5.82 Å². The Balaban J connectivity index is 1.85. The maximum atomic E-state index is 5.02. The monoisotopic (exact) mass is 390 g/mol. The summed E-state index contributed by atoms with van der Waals surface area (Å²) in [4.78, 5) is 5.02. The van der Waals surface area contributed by atoms with Gasteiger partial charge in [0, 0.05) is 18.0 Å². The third-order valence-electron chi connectivity index (χ3n) is 5.69. The fourth-order valence-electron chi connectivity index (χ4n) is 4.30. The Labute approximate surface area is 173 Å². The predicted molar refractivity (Wildman–Crippen MR) is 118 cm³/mol. The van der Waals surface area contributed by atoms with E-state index in [1.165, 1.54) is 37.8 Å². The van der Waals surface area contributed by atoms with E-state index in [4.69, 9.17) is 10.1 Å². The van der Waals surface area contributed by atoms with Gasteiger partial charge in [0.15, 0.2) is 5.69 Å². The number of nitrogens with one attached hydrogen (secondary N) is 1. The van der Waals surface area contributed by atoms with Crippen molar-refractivity contribution in [3.8, 4) is 11.3 Å². The Morgan fingerprint density at radius 2 is 1.97 bits per heavy atom. The summed E-state index contributed by atoms with van der Waals surface area (Å²) < 4.78 is 4.28. The molecule has 5 nitrogen and oxygen atoms in total. The van der Waals surface area contributed by atoms with Crippen molar-refractivity contribution in [3.05, 3.63) is 54.9 Å². The van der Waals surface area contributed by atoms with Crippen LogP contribution in [0.5, 0.6) is 0 Å². The lowest BCUT2D eigenvalue weighted by atomic mass is 9.95. The minimum absolute atomic E-state index is 0.514. The first-order valence-corrected chi connectivity index (χ1v) is 10.9. The van der Waals surface area contributed by atoms with Gasteiger partial charge in [0.1, 0.15) is 11.9 Å². The molecular weight excluding hydrogens is 358 g/mol. The molecule has 0 bridgehead atoms. The summed E-state index contributed by atoms with van der Waals surface area (Å²) in [5.74, 6) is 2.53. The van der Waals surface area contributed by atoms with E-state index in [1.807, 2.05) is 35.0 Å². The van der Waals surface area contributed by atoms with Crippen LogP contribution in [-0.2, 0) is 13.0 Å². The fraction of sp³-hybridized carbons (Fsp3) is 0.458. The van der Waals surface area contributed by atoms with E-state index in [-0.39, 0.29) is 0 Å². The average molecular weight is 391 g/mol. The number of hydrogen-bond donors (Lipinski definition) is 1. The zero-order chi connectivity index (χ0) is 20.2. The number of rotatable bonds is 7. The lowest BCUT2D eigenvalue weighted by molar-refractivity contribution is -0.669. The van der Waals surface area contributed by atoms with Crippen molar-refractivity contribution in [2.24, 2.45) is 5.92 Å². The van der Waals surface area contributed by atoms with E-state index in [9.17, 15) is 0 Å². The van der Waals surface area contributed by atoms with Crippen LogP contribution >= 0.6 is 0 Å². The molecule has 4 rings (SSSR count). The maximum Gasteiger partial charge on any atom is 0.425 e. The van der Waals surface area contributed by atoms with Gasteiger partial charge >= 0.3 is 5.78 Å². The molecule has 2 aromatic heterocycles. The molecule has 0 amide bonds. The highest BCUT2D eigenvalue weighted by molar-refractivity contribution is 5.59. The van der Waals surface area contributed by atoms with E-state index in [0.29, 0.717) is 12.0 Å². The number of allylic oxidation sites excluding steroid dienone is 1. The smallest absolute Gasteiger partial charge is 0.352 e. The van der Waals surface area contributed by atoms with Crippen molar-refractivity contribution in [3.63, 3.8) is 0 Å². The van der Waals surface area contributed by atoms with Gasteiger partial charge in [-0.2, -0.15) is 0 Å². The van der Waals surface area contributed by atoms with Gasteiger partial charge in [-0.1, -0.05) is 85.6 Å². The first kappa shape index (κ1) is 19.6. The van der Waals surface area contributed by atoms with Crippen LogP contribution in [0, 0.1) is 5.92 Å². The Hall–Kier alpha value is -2.69. The molecule has 0 saturated heterocycles. The van der Waals surface area contributed by atoms with Crippen LogP contribution in [0.15, 0.2) is 49.2 Å². The van der Waals surface area contributed by atoms with E-state index in [0.717, 1.165) is 35.8 Å². The Morgan fingerprint density at radius 3 is 2.66 bits per heavy atom. The highest BCUT2D eigenvalue weighted by Gasteiger charge is 2.29. The lowest BCUT2D eigenvalue weighted by Gasteiger charge is -2.22. The topological polar surface area (TPSA) is 46.1 Å². The Kier molecular flexibility index (Phi) is 5.93. The van der Waals surface area contributed by atoms with Gasteiger partial charge in [-0.05, 0) is 18.8 Å². The second-order valence-electron chi connectivity index (χ2n) is 8.49. The van der Waals surface area contributed by atoms with Crippen LogP contribution in [0.2, 0.25) is 0 Å². The van der Waals surface area contributed by atoms with E-state index < -0.39 is 0 Å². The normalized spacial score (nSPS) is 15.1. The molecule has 152 valence electrons. The minimum Gasteiger partial charge on any atom is -0.352 e. The summed E-state index contributed by atoms with van der Waals surface area (Å²) in [6.07, 6.45) is 11.2. The highest BCUT2D eigenvalue weighted by Crippen LogP contribution is 2.26. The molecule has 29 heavy (non-hydrogen) atoms. The van der Waals surface area contributed by atoms with Crippen molar-refractivity contribution < 1.29 is 4.57 Å². The molecule has 2 heterocycles. The molecule has 0 atom stereocenters. The average Bonchev–Trinajstić information content (AvgIpc) is 3.01. The van der Waals surface area contributed by atoms with Gasteiger partial charge in [0.05, 0.1) is 6.54 Å². The largest absolute Gasteiger partial charge is 0.425 e. The molecule has 1 aromatic carbocycles. The third-order valence-corrected chi connectivity index (χ3v) is 5.69. The fourth-order valence-corrected chi connectivity index (χ4v) is 4.30. The van der Waals surface area contributed by atoms with Crippen LogP contribution < -0.4 is 9.88 Å². The molecule has 3 aromatic rings. The quantitative estimate of drug-likeness (QED) is 0.465. The van der Waals surface area contributed by atoms with Crippen molar-refractivity contribution >= 4 is 11.6 Å². The van der Waals surface area contributed by atoms with E-state index in [1.54, 1.807) is 0 Å². The molecule has 1 aliphatic rings. The standard InChI is InChI=1S/C24H32N5/c1-4-15-28-22(16-18(2)3)23(26-20-13-9-6-10-14-20)29-24(28)27-21(17-25-29)19-11-7-5-8-12-19/h4-5,7-8,11-12,17-18,20,26H,1,6,9-10,13-16H2,2-3H3/q+1. The van der Waals surface area contributed by atoms with Crippen molar-refractivity contribution in [2.75, 3.05) is 5.32 Å². The van der Waals surface area contributed by atoms with Gasteiger partial charge in [-0.25, -0.2) is 4.57 Å². The van der Waals surface area contributed by atoms with Gasteiger partial charge in [-0.3, -0.25) is 0 Å². The minimum atomic E-state index is 0.514. The number of nitrogens with zero attached hydrogens (tertiary/aromatic N) is 4. The number of aromatic nitrogens is 4. The molecule has 5 heteroatoms. The van der Waals surface area contributed by atoms with Gasteiger partial charge in [0.25, 0.3) is 0 Å². The van der Waals surface area contributed by atoms with E-state index >= 15 is 0 Å². The summed E-state index contributed by atoms with van der Waals surface area (Å²) in [7, 11) is 0. The molecular formula is C24H32N5+. The first-order chi connectivity index (χ1) is 14.2. The second kappa shape index (κ2) is 8.76. The number of imidazole rings is 1. The summed E-state index contributed by atoms with van der Waals surface area (Å²) in [5.41, 5.74) is 3.26. The molecule has 1 aliphatic carbocycles. The Bertz CT molecular complexity index is 968. The van der Waals surface area contributed by atoms with Crippen molar-refractivity contribution in [2.45, 2.75) is 65.0 Å². The zero-order valence-corrected chi connectivity index (χ0v) is 17.6. The summed E-state index contributed by atoms with van der Waals surface area (Å²) in [6.45, 7) is 9.25. The highest BCUT2D eigenvalue weighted by atomic mass is 15.4. The van der Waals surface area contributed by atoms with Gasteiger partial charge in [0.2, 0.25) is 5.82 Å². The molecule has 0 aliphatic heterocycles. The summed E-state index contributed by atoms with van der Waals surface area (Å²) >= 11 is 0. The van der Waals surface area contributed by atoms with Crippen molar-refractivity contribution in [1.82, 2.24) is 14.6 Å². The van der Waals surface area contributed by atoms with Crippen LogP contribution in [0.25, 0.3) is 17.0 Å². The molecule has 0 spiro atoms. The van der Waals surface area contributed by atoms with Crippen LogP contribution in [-0.4, -0.2) is 20.6 Å². The van der Waals surface area contributed by atoms with Crippen LogP contribution in [0.3, 0.4) is 0 Å². The third kappa shape index (κ3) is 4.19. The first-order valence-electron chi connectivity index (χ1n) is 10.9. The number of benzene rings is 1. The zero-order valence-electron chi connectivity index (χ0n) is 17.6. The van der Waals surface area contributed by atoms with Crippen LogP contribution in [0.1, 0.15) is 51.6 Å². The van der Waals surface area contributed by atoms with Gasteiger partial charge < -0.3 is 5.32 Å². The predicted octanol–water partition coefficient (Wildman–Crippen LogP) is 4.81. The second-order valence-corrected chi connectivity index (χ2v) is 8.49. The lowest BCUT2D eigenvalue weighted by Crippen LogP contribution is -2.38. The van der Waals surface area contributed by atoms with Gasteiger partial charge in [-0.15, -0.1) is 5.10 Å². The number of fused-ring (bicyclic) bond motifs is 1. The summed E-state index contributed by atoms with van der Waals surface area (Å²) in [5, 5.41) is 8.67. The molecule has 0 radical (unpaired) electrons. The summed E-state index contributed by atoms with van der Waals surface area (Å²) in [6, 6.07) is 10.8.